The highest BCUT2D eigenvalue weighted by Crippen LogP contribution is 2.32. The summed E-state index contributed by atoms with van der Waals surface area (Å²) in [6.07, 6.45) is 8.98. The van der Waals surface area contributed by atoms with Crippen LogP contribution in [0.4, 0.5) is 0 Å². The molecule has 0 amide bonds. The number of fused-ring (bicyclic) bond motifs is 2. The third-order valence-corrected chi connectivity index (χ3v) is 5.62. The number of pyridine rings is 2. The van der Waals surface area contributed by atoms with Crippen LogP contribution in [-0.4, -0.2) is 49.1 Å². The van der Waals surface area contributed by atoms with E-state index in [0.29, 0.717) is 11.5 Å². The molecule has 0 aliphatic carbocycles. The van der Waals surface area contributed by atoms with Gasteiger partial charge in [-0.3, -0.25) is 10.1 Å². The monoisotopic (exact) mass is 435 g/mol. The lowest BCUT2D eigenvalue weighted by Crippen LogP contribution is -2.10. The van der Waals surface area contributed by atoms with E-state index < -0.39 is 0 Å². The van der Waals surface area contributed by atoms with Crippen LogP contribution < -0.4 is 0 Å². The maximum absolute atomic E-state index is 5.27. The number of aromatic nitrogens is 6. The number of furan rings is 1. The Morgan fingerprint density at radius 2 is 1.91 bits per heavy atom. The number of hydrogen-bond acceptors (Lipinski definition) is 6. The second-order valence-corrected chi connectivity index (χ2v) is 8.31. The van der Waals surface area contributed by atoms with Gasteiger partial charge in [0.2, 0.25) is 0 Å². The first kappa shape index (κ1) is 19.4. The number of hydrogen-bond donors (Lipinski definition) is 2. The van der Waals surface area contributed by atoms with Crippen LogP contribution in [0.3, 0.4) is 0 Å². The van der Waals surface area contributed by atoms with Crippen molar-refractivity contribution in [3.8, 4) is 33.8 Å². The van der Waals surface area contributed by atoms with Crippen LogP contribution in [0.15, 0.2) is 71.9 Å². The average Bonchev–Trinajstić information content (AvgIpc) is 3.57. The van der Waals surface area contributed by atoms with Gasteiger partial charge in [0.1, 0.15) is 5.69 Å². The molecule has 0 unspecified atom stereocenters. The third kappa shape index (κ3) is 3.46. The number of imidazole rings is 1. The van der Waals surface area contributed by atoms with E-state index in [1.165, 1.54) is 0 Å². The number of H-pyrrole nitrogens is 2. The fourth-order valence-electron chi connectivity index (χ4n) is 4.14. The minimum atomic E-state index is 0.640. The van der Waals surface area contributed by atoms with E-state index >= 15 is 0 Å². The summed E-state index contributed by atoms with van der Waals surface area (Å²) in [4.78, 5) is 19.4. The lowest BCUT2D eigenvalue weighted by Gasteiger charge is -2.10. The van der Waals surface area contributed by atoms with Gasteiger partial charge < -0.3 is 14.3 Å². The molecule has 162 valence electrons. The van der Waals surface area contributed by atoms with Crippen LogP contribution in [0, 0.1) is 0 Å². The third-order valence-electron chi connectivity index (χ3n) is 5.62. The minimum absolute atomic E-state index is 0.640. The molecule has 8 heteroatoms. The number of benzene rings is 1. The Hall–Kier alpha value is -4.30. The molecule has 8 nitrogen and oxygen atoms in total. The van der Waals surface area contributed by atoms with Crippen molar-refractivity contribution in [1.82, 2.24) is 35.0 Å². The molecule has 0 bridgehead atoms. The van der Waals surface area contributed by atoms with Gasteiger partial charge in [0, 0.05) is 47.4 Å². The lowest BCUT2D eigenvalue weighted by atomic mass is 10.1. The normalized spacial score (nSPS) is 11.7. The maximum atomic E-state index is 5.27. The highest BCUT2D eigenvalue weighted by Gasteiger charge is 2.16. The molecular weight excluding hydrogens is 414 g/mol. The van der Waals surface area contributed by atoms with Crippen LogP contribution in [0.2, 0.25) is 0 Å². The SMILES string of the molecule is CN(C)Cc1cncc(-c2cnc3n[nH]c(-c4nc5c(-c6ccoc6)cccc5[nH]4)c3c2)c1. The summed E-state index contributed by atoms with van der Waals surface area (Å²) in [5.41, 5.74) is 8.40. The van der Waals surface area contributed by atoms with Gasteiger partial charge >= 0.3 is 0 Å². The van der Waals surface area contributed by atoms with E-state index in [9.17, 15) is 0 Å². The van der Waals surface area contributed by atoms with Crippen molar-refractivity contribution in [3.05, 3.63) is 73.1 Å². The largest absolute Gasteiger partial charge is 0.472 e. The van der Waals surface area contributed by atoms with E-state index in [1.54, 1.807) is 12.5 Å². The summed E-state index contributed by atoms with van der Waals surface area (Å²) in [6.45, 7) is 0.825. The van der Waals surface area contributed by atoms with Gasteiger partial charge in [-0.2, -0.15) is 5.10 Å². The highest BCUT2D eigenvalue weighted by atomic mass is 16.3. The molecule has 0 spiro atoms. The molecule has 33 heavy (non-hydrogen) atoms. The molecule has 0 aliphatic rings. The van der Waals surface area contributed by atoms with Crippen molar-refractivity contribution in [2.24, 2.45) is 0 Å². The molecule has 0 saturated carbocycles. The molecule has 0 saturated heterocycles. The smallest absolute Gasteiger partial charge is 0.181 e. The summed E-state index contributed by atoms with van der Waals surface area (Å²) in [5.74, 6) is 0.710. The maximum Gasteiger partial charge on any atom is 0.181 e. The number of para-hydroxylation sites is 1. The first-order chi connectivity index (χ1) is 16.2. The standard InChI is InChI=1S/C25H21N7O/c1-32(2)13-15-8-17(11-26-10-15)18-9-20-23(30-31-24(20)27-12-18)25-28-21-5-3-4-19(22(21)29-25)16-6-7-33-14-16/h3-12,14H,13H2,1-2H3,(H,28,29)(H,27,30,31). The quantitative estimate of drug-likeness (QED) is 0.400. The Labute approximate surface area is 189 Å². The predicted octanol–water partition coefficient (Wildman–Crippen LogP) is 4.88. The van der Waals surface area contributed by atoms with Crippen molar-refractivity contribution >= 4 is 22.1 Å². The Morgan fingerprint density at radius 3 is 2.76 bits per heavy atom. The van der Waals surface area contributed by atoms with Crippen LogP contribution in [0.25, 0.3) is 55.8 Å². The average molecular weight is 435 g/mol. The van der Waals surface area contributed by atoms with Gasteiger partial charge in [-0.25, -0.2) is 9.97 Å². The van der Waals surface area contributed by atoms with Gasteiger partial charge in [-0.15, -0.1) is 0 Å². The molecular formula is C25H21N7O. The summed E-state index contributed by atoms with van der Waals surface area (Å²) in [6, 6.07) is 12.2. The molecule has 6 rings (SSSR count). The van der Waals surface area contributed by atoms with Crippen molar-refractivity contribution in [2.45, 2.75) is 6.54 Å². The van der Waals surface area contributed by atoms with Crippen molar-refractivity contribution in [3.63, 3.8) is 0 Å². The fraction of sp³-hybridized carbons (Fsp3) is 0.120. The van der Waals surface area contributed by atoms with Crippen LogP contribution in [-0.2, 0) is 6.54 Å². The Morgan fingerprint density at radius 1 is 1.00 bits per heavy atom. The number of nitrogens with zero attached hydrogens (tertiary/aromatic N) is 5. The molecule has 0 atom stereocenters. The van der Waals surface area contributed by atoms with Gasteiger partial charge in [0.05, 0.1) is 28.9 Å². The van der Waals surface area contributed by atoms with Crippen LogP contribution in [0.5, 0.6) is 0 Å². The topological polar surface area (TPSA) is 99.5 Å². The van der Waals surface area contributed by atoms with Gasteiger partial charge in [-0.05, 0) is 43.9 Å². The molecule has 2 N–H and O–H groups in total. The summed E-state index contributed by atoms with van der Waals surface area (Å²) < 4.78 is 5.27. The molecule has 0 aliphatic heterocycles. The first-order valence-corrected chi connectivity index (χ1v) is 10.6. The molecule has 0 radical (unpaired) electrons. The van der Waals surface area contributed by atoms with Gasteiger partial charge in [0.15, 0.2) is 11.5 Å². The fourth-order valence-corrected chi connectivity index (χ4v) is 4.14. The van der Waals surface area contributed by atoms with Crippen LogP contribution >= 0.6 is 0 Å². The molecule has 6 aromatic rings. The Balaban J connectivity index is 1.45. The van der Waals surface area contributed by atoms with E-state index in [2.05, 4.69) is 42.2 Å². The second-order valence-electron chi connectivity index (χ2n) is 8.31. The minimum Gasteiger partial charge on any atom is -0.472 e. The van der Waals surface area contributed by atoms with E-state index in [-0.39, 0.29) is 0 Å². The highest BCUT2D eigenvalue weighted by molar-refractivity contribution is 5.97. The zero-order chi connectivity index (χ0) is 22.4. The lowest BCUT2D eigenvalue weighted by molar-refractivity contribution is 0.402. The van der Waals surface area contributed by atoms with Crippen molar-refractivity contribution < 1.29 is 4.42 Å². The van der Waals surface area contributed by atoms with Crippen LogP contribution in [0.1, 0.15) is 5.56 Å². The zero-order valence-corrected chi connectivity index (χ0v) is 18.2. The number of nitrogens with one attached hydrogen (secondary N) is 2. The van der Waals surface area contributed by atoms with Gasteiger partial charge in [0.25, 0.3) is 0 Å². The van der Waals surface area contributed by atoms with Crippen molar-refractivity contribution in [1.29, 1.82) is 0 Å². The van der Waals surface area contributed by atoms with Crippen molar-refractivity contribution in [2.75, 3.05) is 14.1 Å². The molecule has 1 aromatic carbocycles. The Bertz CT molecular complexity index is 1580. The molecule has 0 fully saturated rings. The molecule has 5 aromatic heterocycles. The first-order valence-electron chi connectivity index (χ1n) is 10.6. The summed E-state index contributed by atoms with van der Waals surface area (Å²) in [7, 11) is 4.09. The van der Waals surface area contributed by atoms with E-state index in [4.69, 9.17) is 9.40 Å². The van der Waals surface area contributed by atoms with Gasteiger partial charge in [-0.1, -0.05) is 12.1 Å². The van der Waals surface area contributed by atoms with E-state index in [1.807, 2.05) is 57.0 Å². The zero-order valence-electron chi connectivity index (χ0n) is 18.2. The number of aromatic amines is 2. The number of rotatable bonds is 5. The Kier molecular flexibility index (Phi) is 4.51. The van der Waals surface area contributed by atoms with E-state index in [0.717, 1.165) is 56.5 Å². The summed E-state index contributed by atoms with van der Waals surface area (Å²) >= 11 is 0. The second kappa shape index (κ2) is 7.68. The predicted molar refractivity (Wildman–Crippen MR) is 127 cm³/mol. The molecule has 5 heterocycles. The summed E-state index contributed by atoms with van der Waals surface area (Å²) in [5, 5.41) is 8.41.